The van der Waals surface area contributed by atoms with Gasteiger partial charge in [-0.15, -0.1) is 0 Å². The van der Waals surface area contributed by atoms with Gasteiger partial charge in [0.25, 0.3) is 40.5 Å². The van der Waals surface area contributed by atoms with Crippen molar-refractivity contribution in [3.8, 4) is 17.2 Å². The molecule has 0 aliphatic carbocycles. The largest absolute Gasteiger partial charge is 0.493 e. The molecule has 1 heterocycles. The third-order valence-corrected chi connectivity index (χ3v) is 12.6. The summed E-state index contributed by atoms with van der Waals surface area (Å²) in [7, 11) is -16.3. The number of hydrogen-bond donors (Lipinski definition) is 6. The lowest BCUT2D eigenvalue weighted by molar-refractivity contribution is 0.324. The van der Waals surface area contributed by atoms with Gasteiger partial charge in [-0.2, -0.15) is 38.7 Å². The van der Waals surface area contributed by atoms with Crippen molar-refractivity contribution >= 4 is 52.2 Å². The van der Waals surface area contributed by atoms with Crippen molar-refractivity contribution in [1.29, 1.82) is 0 Å². The normalized spacial score (nSPS) is 14.6. The number of nitrogens with one attached hydrogen (secondary N) is 2. The van der Waals surface area contributed by atoms with Gasteiger partial charge in [0, 0.05) is 31.0 Å². The van der Waals surface area contributed by atoms with Gasteiger partial charge in [0.2, 0.25) is 11.7 Å². The first-order valence-electron chi connectivity index (χ1n) is 15.8. The van der Waals surface area contributed by atoms with E-state index in [2.05, 4.69) is 20.6 Å². The Bertz CT molecular complexity index is 2380. The molecule has 4 unspecified atom stereocenters. The first-order chi connectivity index (χ1) is 25.6. The molecule has 19 nitrogen and oxygen atoms in total. The Hall–Kier alpha value is -4.62. The molecule has 4 aromatic rings. The van der Waals surface area contributed by atoms with Crippen molar-refractivity contribution < 1.29 is 66.1 Å². The van der Waals surface area contributed by atoms with E-state index < -0.39 is 86.3 Å². The molecule has 1 aromatic heterocycles. The minimum Gasteiger partial charge on any atom is -0.493 e. The van der Waals surface area contributed by atoms with Gasteiger partial charge in [-0.25, -0.2) is 4.98 Å². The standard InChI is InChI=1S/C32H38N4O15S4/c1-49-24-15-20(16-25(50-2)30(24)51-3)14-23-19-33-32(35-29(55(46,47)48)18-27(53(40,41)42)22-12-8-5-9-13-22)36-31(23)34-28(54(43,44)45)17-26(52(37,38)39)21-10-6-4-7-11-21/h4-13,15-16,19,26-29H,14,17-18H2,1-3H3,(H,37,38,39)(H,40,41,42)(H,43,44,45)(H,46,47,48)(H2,33,34,35,36). The second kappa shape index (κ2) is 17.5. The van der Waals surface area contributed by atoms with Gasteiger partial charge < -0.3 is 24.8 Å². The molecular formula is C32H38N4O15S4. The maximum atomic E-state index is 12.8. The van der Waals surface area contributed by atoms with E-state index >= 15 is 0 Å². The third-order valence-electron chi connectivity index (χ3n) is 8.21. The van der Waals surface area contributed by atoms with E-state index in [0.717, 1.165) is 6.20 Å². The first-order valence-corrected chi connectivity index (χ1v) is 21.8. The number of benzene rings is 3. The molecular weight excluding hydrogens is 809 g/mol. The minimum absolute atomic E-state index is 0.0211. The number of ether oxygens (including phenoxy) is 3. The molecule has 0 aliphatic heterocycles. The number of nitrogens with zero attached hydrogens (tertiary/aromatic N) is 2. The van der Waals surface area contributed by atoms with Gasteiger partial charge in [-0.3, -0.25) is 18.2 Å². The quantitative estimate of drug-likeness (QED) is 0.0737. The van der Waals surface area contributed by atoms with Crippen LogP contribution in [0.5, 0.6) is 17.2 Å². The van der Waals surface area contributed by atoms with Crippen LogP contribution in [-0.2, 0) is 46.9 Å². The summed E-state index contributed by atoms with van der Waals surface area (Å²) in [6.45, 7) is 0. The van der Waals surface area contributed by atoms with Crippen LogP contribution in [0.25, 0.3) is 0 Å². The highest BCUT2D eigenvalue weighted by atomic mass is 32.2. The molecule has 0 bridgehead atoms. The number of methoxy groups -OCH3 is 3. The summed E-state index contributed by atoms with van der Waals surface area (Å²) in [6, 6.07) is 17.2. The molecule has 4 atom stereocenters. The summed E-state index contributed by atoms with van der Waals surface area (Å²) in [4.78, 5) is 8.27. The van der Waals surface area contributed by atoms with Crippen molar-refractivity contribution in [1.82, 2.24) is 9.97 Å². The van der Waals surface area contributed by atoms with E-state index in [1.165, 1.54) is 82.0 Å². The second-order valence-electron chi connectivity index (χ2n) is 11.9. The van der Waals surface area contributed by atoms with Crippen LogP contribution in [0.15, 0.2) is 79.0 Å². The molecule has 0 saturated heterocycles. The van der Waals surface area contributed by atoms with Crippen molar-refractivity contribution in [2.45, 2.75) is 40.5 Å². The Balaban J connectivity index is 1.85. The first kappa shape index (κ1) is 43.1. The van der Waals surface area contributed by atoms with Crippen molar-refractivity contribution in [2.24, 2.45) is 0 Å². The van der Waals surface area contributed by atoms with E-state index in [1.54, 1.807) is 12.1 Å². The molecule has 3 aromatic carbocycles. The summed E-state index contributed by atoms with van der Waals surface area (Å²) in [5, 5.41) is -3.38. The fourth-order valence-corrected chi connectivity index (χ4v) is 9.08. The molecule has 0 aliphatic rings. The van der Waals surface area contributed by atoms with Gasteiger partial charge in [0.05, 0.1) is 21.3 Å². The SMILES string of the molecule is COc1cc(Cc2cnc(NC(CC(c3ccccc3)S(=O)(=O)O)S(=O)(=O)O)nc2NC(CC(c2ccccc2)S(=O)(=O)O)S(=O)(=O)O)cc(OC)c1OC. The Morgan fingerprint density at radius 2 is 1.05 bits per heavy atom. The maximum Gasteiger partial charge on any atom is 0.286 e. The lowest BCUT2D eigenvalue weighted by atomic mass is 10.0. The van der Waals surface area contributed by atoms with Gasteiger partial charge in [-0.1, -0.05) is 60.7 Å². The van der Waals surface area contributed by atoms with Crippen LogP contribution in [0.1, 0.15) is 45.6 Å². The number of aromatic nitrogens is 2. The predicted molar refractivity (Wildman–Crippen MR) is 200 cm³/mol. The van der Waals surface area contributed by atoms with Gasteiger partial charge in [0.15, 0.2) is 22.2 Å². The predicted octanol–water partition coefficient (Wildman–Crippen LogP) is 3.38. The van der Waals surface area contributed by atoms with Gasteiger partial charge >= 0.3 is 0 Å². The van der Waals surface area contributed by atoms with Crippen LogP contribution >= 0.6 is 0 Å². The van der Waals surface area contributed by atoms with Gasteiger partial charge in [0.1, 0.15) is 16.3 Å². The van der Waals surface area contributed by atoms with Crippen LogP contribution in [0.4, 0.5) is 11.8 Å². The zero-order valence-corrected chi connectivity index (χ0v) is 32.5. The fourth-order valence-electron chi connectivity index (χ4n) is 5.58. The highest BCUT2D eigenvalue weighted by molar-refractivity contribution is 7.87. The Kier molecular flexibility index (Phi) is 13.7. The molecule has 300 valence electrons. The van der Waals surface area contributed by atoms with Crippen LogP contribution in [0, 0.1) is 0 Å². The average molecular weight is 847 g/mol. The Morgan fingerprint density at radius 1 is 0.618 bits per heavy atom. The molecule has 0 fully saturated rings. The lowest BCUT2D eigenvalue weighted by Crippen LogP contribution is -2.35. The van der Waals surface area contributed by atoms with Crippen molar-refractivity contribution in [3.63, 3.8) is 0 Å². The molecule has 4 rings (SSSR count). The zero-order chi connectivity index (χ0) is 40.8. The molecule has 0 saturated carbocycles. The molecule has 6 N–H and O–H groups in total. The van der Waals surface area contributed by atoms with Crippen molar-refractivity contribution in [3.05, 3.63) is 101 Å². The fraction of sp³-hybridized carbons (Fsp3) is 0.312. The smallest absolute Gasteiger partial charge is 0.286 e. The van der Waals surface area contributed by atoms with Crippen molar-refractivity contribution in [2.75, 3.05) is 32.0 Å². The molecule has 0 spiro atoms. The Labute approximate surface area is 318 Å². The highest BCUT2D eigenvalue weighted by Gasteiger charge is 2.37. The van der Waals surface area contributed by atoms with E-state index in [-0.39, 0.29) is 40.4 Å². The highest BCUT2D eigenvalue weighted by Crippen LogP contribution is 2.39. The van der Waals surface area contributed by atoms with E-state index in [9.17, 15) is 51.9 Å². The van der Waals surface area contributed by atoms with E-state index in [4.69, 9.17) is 14.2 Å². The zero-order valence-electron chi connectivity index (χ0n) is 29.2. The third kappa shape index (κ3) is 11.5. The maximum absolute atomic E-state index is 12.8. The van der Waals surface area contributed by atoms with Crippen LogP contribution in [-0.4, -0.2) is 93.9 Å². The second-order valence-corrected chi connectivity index (χ2v) is 18.3. The van der Waals surface area contributed by atoms with Crippen LogP contribution in [0.3, 0.4) is 0 Å². The molecule has 55 heavy (non-hydrogen) atoms. The summed E-state index contributed by atoms with van der Waals surface area (Å²) < 4.78 is 157. The number of hydrogen-bond acceptors (Lipinski definition) is 15. The average Bonchev–Trinajstić information content (AvgIpc) is 3.10. The summed E-state index contributed by atoms with van der Waals surface area (Å²) >= 11 is 0. The van der Waals surface area contributed by atoms with Gasteiger partial charge in [-0.05, 0) is 28.8 Å². The number of anilines is 2. The van der Waals surface area contributed by atoms with E-state index in [0.29, 0.717) is 5.56 Å². The molecule has 0 amide bonds. The minimum atomic E-state index is -5.22. The molecule has 0 radical (unpaired) electrons. The topological polar surface area (TPSA) is 295 Å². The monoisotopic (exact) mass is 846 g/mol. The summed E-state index contributed by atoms with van der Waals surface area (Å²) in [6.07, 6.45) is -1.00. The summed E-state index contributed by atoms with van der Waals surface area (Å²) in [5.41, 5.74) is 0.443. The van der Waals surface area contributed by atoms with Crippen LogP contribution < -0.4 is 24.8 Å². The summed E-state index contributed by atoms with van der Waals surface area (Å²) in [5.74, 6) is -0.378. The molecule has 23 heteroatoms. The lowest BCUT2D eigenvalue weighted by Gasteiger charge is -2.24. The number of rotatable bonds is 19. The Morgan fingerprint density at radius 3 is 1.44 bits per heavy atom. The van der Waals surface area contributed by atoms with E-state index in [1.807, 2.05) is 0 Å². The van der Waals surface area contributed by atoms with Crippen LogP contribution in [0.2, 0.25) is 0 Å².